The van der Waals surface area contributed by atoms with Gasteiger partial charge in [-0.1, -0.05) is 6.92 Å². The maximum Gasteiger partial charge on any atom is 0.0433 e. The highest BCUT2D eigenvalue weighted by atomic mass is 19.2. The van der Waals surface area contributed by atoms with E-state index in [0.717, 1.165) is 12.8 Å². The minimum absolute atomic E-state index is 0.206. The Bertz CT molecular complexity index is 78.0. The maximum atomic E-state index is 12.1. The van der Waals surface area contributed by atoms with Crippen molar-refractivity contribution in [1.82, 2.24) is 5.12 Å². The molecule has 62 valence electrons. The third-order valence-corrected chi connectivity index (χ3v) is 1.55. The second-order valence-corrected chi connectivity index (χ2v) is 2.73. The highest BCUT2D eigenvalue weighted by Crippen LogP contribution is 2.06. The smallest absolute Gasteiger partial charge is 0.0433 e. The summed E-state index contributed by atoms with van der Waals surface area (Å²) in [5, 5.41) is 9.17. The summed E-state index contributed by atoms with van der Waals surface area (Å²) in [6.07, 6.45) is 1.58. The van der Waals surface area contributed by atoms with Gasteiger partial charge in [0.15, 0.2) is 0 Å². The molecule has 1 unspecified atom stereocenters. The molecule has 0 aliphatic carbocycles. The molecule has 0 bridgehead atoms. The molecule has 0 amide bonds. The molecule has 0 aliphatic heterocycles. The van der Waals surface area contributed by atoms with Crippen molar-refractivity contribution in [3.05, 3.63) is 0 Å². The summed E-state index contributed by atoms with van der Waals surface area (Å²) in [4.78, 5) is 0. The van der Waals surface area contributed by atoms with Gasteiger partial charge in [0, 0.05) is 20.2 Å². The minimum Gasteiger partial charge on any atom is -0.396 e. The quantitative estimate of drug-likeness (QED) is 0.594. The van der Waals surface area contributed by atoms with Crippen molar-refractivity contribution in [2.75, 3.05) is 20.2 Å². The summed E-state index contributed by atoms with van der Waals surface area (Å²) < 4.78 is 12.1. The first kappa shape index (κ1) is 9.85. The van der Waals surface area contributed by atoms with Crippen LogP contribution in [0.25, 0.3) is 0 Å². The predicted octanol–water partition coefficient (Wildman–Crippen LogP) is 1.21. The molecule has 0 aromatic carbocycles. The van der Waals surface area contributed by atoms with E-state index < -0.39 is 0 Å². The van der Waals surface area contributed by atoms with E-state index in [4.69, 9.17) is 5.11 Å². The normalized spacial score (nSPS) is 14.1. The standard InChI is InChI=1S/C7H16FNO/c1-7(4-6-10)3-5-9(2)8/h7,10H,3-6H2,1-2H3. The Hall–Kier alpha value is -0.150. The number of hydrogen-bond donors (Lipinski definition) is 1. The first-order chi connectivity index (χ1) is 4.66. The van der Waals surface area contributed by atoms with Gasteiger partial charge in [0.05, 0.1) is 0 Å². The molecule has 0 saturated heterocycles. The van der Waals surface area contributed by atoms with Crippen LogP contribution < -0.4 is 0 Å². The molecular formula is C7H16FNO. The van der Waals surface area contributed by atoms with Crippen molar-refractivity contribution < 1.29 is 9.59 Å². The maximum absolute atomic E-state index is 12.1. The van der Waals surface area contributed by atoms with E-state index in [1.165, 1.54) is 7.05 Å². The Morgan fingerprint density at radius 3 is 2.50 bits per heavy atom. The molecule has 0 rings (SSSR count). The first-order valence-electron chi connectivity index (χ1n) is 3.64. The van der Waals surface area contributed by atoms with E-state index in [2.05, 4.69) is 0 Å². The van der Waals surface area contributed by atoms with Crippen LogP contribution in [0, 0.1) is 5.92 Å². The van der Waals surface area contributed by atoms with E-state index in [1.54, 1.807) is 0 Å². The average molecular weight is 149 g/mol. The number of nitrogens with zero attached hydrogens (tertiary/aromatic N) is 1. The molecule has 0 fully saturated rings. The van der Waals surface area contributed by atoms with Crippen LogP contribution >= 0.6 is 0 Å². The van der Waals surface area contributed by atoms with Gasteiger partial charge in [0.1, 0.15) is 0 Å². The number of aliphatic hydroxyl groups is 1. The highest BCUT2D eigenvalue weighted by Gasteiger charge is 2.02. The van der Waals surface area contributed by atoms with Crippen LogP contribution in [0.2, 0.25) is 0 Å². The molecule has 0 aromatic heterocycles. The van der Waals surface area contributed by atoms with E-state index >= 15 is 0 Å². The minimum atomic E-state index is 0.206. The van der Waals surface area contributed by atoms with E-state index in [1.807, 2.05) is 6.92 Å². The van der Waals surface area contributed by atoms with Gasteiger partial charge in [-0.05, 0) is 18.8 Å². The first-order valence-corrected chi connectivity index (χ1v) is 3.64. The van der Waals surface area contributed by atoms with Crippen LogP contribution in [0.15, 0.2) is 0 Å². The summed E-state index contributed by atoms with van der Waals surface area (Å²) >= 11 is 0. The molecule has 0 saturated carbocycles. The van der Waals surface area contributed by atoms with Crippen molar-refractivity contribution >= 4 is 0 Å². The van der Waals surface area contributed by atoms with Crippen LogP contribution in [0.1, 0.15) is 19.8 Å². The Labute approximate surface area is 61.6 Å². The lowest BCUT2D eigenvalue weighted by Gasteiger charge is -2.10. The summed E-state index contributed by atoms with van der Waals surface area (Å²) in [5.41, 5.74) is 0. The third-order valence-electron chi connectivity index (χ3n) is 1.55. The molecule has 0 radical (unpaired) electrons. The van der Waals surface area contributed by atoms with Crippen LogP contribution in [0.4, 0.5) is 4.48 Å². The van der Waals surface area contributed by atoms with Gasteiger partial charge >= 0.3 is 0 Å². The summed E-state index contributed by atoms with van der Waals surface area (Å²) in [6.45, 7) is 2.68. The van der Waals surface area contributed by atoms with Crippen molar-refractivity contribution in [2.45, 2.75) is 19.8 Å². The van der Waals surface area contributed by atoms with E-state index in [-0.39, 0.29) is 6.61 Å². The third kappa shape index (κ3) is 5.98. The van der Waals surface area contributed by atoms with E-state index in [0.29, 0.717) is 17.6 Å². The number of hydrogen-bond acceptors (Lipinski definition) is 2. The van der Waals surface area contributed by atoms with Crippen LogP contribution in [0.3, 0.4) is 0 Å². The van der Waals surface area contributed by atoms with Gasteiger partial charge in [-0.3, -0.25) is 0 Å². The Morgan fingerprint density at radius 1 is 1.50 bits per heavy atom. The lowest BCUT2D eigenvalue weighted by molar-refractivity contribution is 0.0524. The molecule has 3 heteroatoms. The van der Waals surface area contributed by atoms with Crippen molar-refractivity contribution in [2.24, 2.45) is 5.92 Å². The fourth-order valence-corrected chi connectivity index (χ4v) is 0.763. The van der Waals surface area contributed by atoms with Crippen LogP contribution in [-0.2, 0) is 0 Å². The molecule has 10 heavy (non-hydrogen) atoms. The highest BCUT2D eigenvalue weighted by molar-refractivity contribution is 4.52. The largest absolute Gasteiger partial charge is 0.396 e. The number of aliphatic hydroxyl groups excluding tert-OH is 1. The van der Waals surface area contributed by atoms with Gasteiger partial charge < -0.3 is 5.11 Å². The topological polar surface area (TPSA) is 23.5 Å². The number of rotatable bonds is 5. The molecule has 0 heterocycles. The molecule has 0 spiro atoms. The zero-order chi connectivity index (χ0) is 7.98. The monoisotopic (exact) mass is 149 g/mol. The van der Waals surface area contributed by atoms with Gasteiger partial charge in [0.25, 0.3) is 0 Å². The Balaban J connectivity index is 3.12. The summed E-state index contributed by atoms with van der Waals surface area (Å²) in [5.74, 6) is 0.420. The summed E-state index contributed by atoms with van der Waals surface area (Å²) in [7, 11) is 1.41. The Morgan fingerprint density at radius 2 is 2.10 bits per heavy atom. The zero-order valence-electron chi connectivity index (χ0n) is 6.68. The van der Waals surface area contributed by atoms with Crippen LogP contribution in [-0.4, -0.2) is 30.4 Å². The van der Waals surface area contributed by atoms with Crippen molar-refractivity contribution in [3.63, 3.8) is 0 Å². The van der Waals surface area contributed by atoms with Gasteiger partial charge in [-0.2, -0.15) is 0 Å². The van der Waals surface area contributed by atoms with Crippen molar-refractivity contribution in [1.29, 1.82) is 0 Å². The molecule has 1 atom stereocenters. The fraction of sp³-hybridized carbons (Fsp3) is 1.00. The predicted molar refractivity (Wildman–Crippen MR) is 39.2 cm³/mol. The molecule has 1 N–H and O–H groups in total. The molecule has 2 nitrogen and oxygen atoms in total. The van der Waals surface area contributed by atoms with Gasteiger partial charge in [-0.25, -0.2) is 0 Å². The second-order valence-electron chi connectivity index (χ2n) is 2.73. The van der Waals surface area contributed by atoms with Gasteiger partial charge in [0.2, 0.25) is 0 Å². The average Bonchev–Trinajstić information content (AvgIpc) is 1.85. The SMILES string of the molecule is CC(CCO)CCN(C)F. The molecular weight excluding hydrogens is 133 g/mol. The molecule has 0 aromatic rings. The summed E-state index contributed by atoms with van der Waals surface area (Å²) in [6, 6.07) is 0. The van der Waals surface area contributed by atoms with Gasteiger partial charge in [-0.15, -0.1) is 9.60 Å². The lowest BCUT2D eigenvalue weighted by atomic mass is 10.1. The lowest BCUT2D eigenvalue weighted by Crippen LogP contribution is -2.12. The van der Waals surface area contributed by atoms with E-state index in [9.17, 15) is 4.48 Å². The zero-order valence-corrected chi connectivity index (χ0v) is 6.68. The van der Waals surface area contributed by atoms with Crippen LogP contribution in [0.5, 0.6) is 0 Å². The number of halogens is 1. The second kappa shape index (κ2) is 5.62. The van der Waals surface area contributed by atoms with Crippen molar-refractivity contribution in [3.8, 4) is 0 Å². The molecule has 0 aliphatic rings. The Kier molecular flexibility index (Phi) is 5.54. The fourth-order valence-electron chi connectivity index (χ4n) is 0.763.